The summed E-state index contributed by atoms with van der Waals surface area (Å²) in [6.45, 7) is 7.30. The molecule has 0 radical (unpaired) electrons. The largest absolute Gasteiger partial charge is 0.467 e. The minimum Gasteiger partial charge on any atom is -0.467 e. The molecule has 0 bridgehead atoms. The van der Waals surface area contributed by atoms with E-state index < -0.39 is 17.4 Å². The predicted octanol–water partition coefficient (Wildman–Crippen LogP) is 1.94. The Bertz CT molecular complexity index is 557. The van der Waals surface area contributed by atoms with E-state index in [1.165, 1.54) is 7.11 Å². The molecule has 1 heterocycles. The van der Waals surface area contributed by atoms with Crippen LogP contribution in [0.2, 0.25) is 0 Å². The first-order valence-corrected chi connectivity index (χ1v) is 6.89. The minimum atomic E-state index is -0.957. The van der Waals surface area contributed by atoms with Crippen molar-refractivity contribution in [1.29, 1.82) is 0 Å². The molecule has 3 N–H and O–H groups in total. The molecule has 0 aliphatic rings. The van der Waals surface area contributed by atoms with Gasteiger partial charge in [-0.05, 0) is 38.8 Å². The van der Waals surface area contributed by atoms with Crippen molar-refractivity contribution in [2.45, 2.75) is 46.1 Å². The van der Waals surface area contributed by atoms with E-state index in [9.17, 15) is 9.59 Å². The van der Waals surface area contributed by atoms with Crippen molar-refractivity contribution < 1.29 is 14.3 Å². The Labute approximate surface area is 125 Å². The molecule has 0 aliphatic heterocycles. The van der Waals surface area contributed by atoms with Gasteiger partial charge in [0, 0.05) is 5.69 Å². The molecule has 1 atom stereocenters. The number of esters is 1. The molecule has 1 amide bonds. The zero-order valence-corrected chi connectivity index (χ0v) is 13.2. The number of nitrogens with one attached hydrogen (secondary N) is 1. The number of hydrogen-bond acceptors (Lipinski definition) is 5. The van der Waals surface area contributed by atoms with E-state index in [0.29, 0.717) is 17.8 Å². The number of amides is 1. The van der Waals surface area contributed by atoms with Crippen molar-refractivity contribution >= 4 is 17.7 Å². The first-order chi connectivity index (χ1) is 9.75. The average Bonchev–Trinajstić information content (AvgIpc) is 2.36. The Morgan fingerprint density at radius 1 is 1.43 bits per heavy atom. The number of rotatable bonds is 6. The fourth-order valence-electron chi connectivity index (χ4n) is 2.44. The first kappa shape index (κ1) is 16.9. The molecule has 6 heteroatoms. The Balaban J connectivity index is 3.32. The summed E-state index contributed by atoms with van der Waals surface area (Å²) in [6, 6.07) is 1.78. The molecule has 1 aromatic rings. The van der Waals surface area contributed by atoms with Crippen molar-refractivity contribution in [3.05, 3.63) is 22.9 Å². The lowest BCUT2D eigenvalue weighted by Crippen LogP contribution is -2.45. The van der Waals surface area contributed by atoms with Gasteiger partial charge >= 0.3 is 5.97 Å². The van der Waals surface area contributed by atoms with Gasteiger partial charge in [0.2, 0.25) is 0 Å². The van der Waals surface area contributed by atoms with Gasteiger partial charge in [0.05, 0.1) is 12.7 Å². The number of nitrogens with zero attached hydrogens (tertiary/aromatic N) is 1. The second kappa shape index (κ2) is 6.56. The molecule has 0 saturated heterocycles. The van der Waals surface area contributed by atoms with E-state index in [4.69, 9.17) is 10.5 Å². The summed E-state index contributed by atoms with van der Waals surface area (Å²) in [5.74, 6) is -0.659. The predicted molar refractivity (Wildman–Crippen MR) is 81.2 cm³/mol. The average molecular weight is 293 g/mol. The van der Waals surface area contributed by atoms with Crippen LogP contribution in [0.3, 0.4) is 0 Å². The molecule has 0 aliphatic carbocycles. The molecular weight excluding hydrogens is 270 g/mol. The summed E-state index contributed by atoms with van der Waals surface area (Å²) in [6.07, 6.45) is 1.32. The quantitative estimate of drug-likeness (QED) is 0.782. The van der Waals surface area contributed by atoms with Gasteiger partial charge in [0.25, 0.3) is 5.91 Å². The third-order valence-electron chi connectivity index (χ3n) is 3.37. The van der Waals surface area contributed by atoms with Gasteiger partial charge in [-0.2, -0.15) is 0 Å². The van der Waals surface area contributed by atoms with E-state index in [1.54, 1.807) is 19.9 Å². The third-order valence-corrected chi connectivity index (χ3v) is 3.37. The van der Waals surface area contributed by atoms with Crippen LogP contribution in [-0.4, -0.2) is 29.5 Å². The van der Waals surface area contributed by atoms with Crippen molar-refractivity contribution in [1.82, 2.24) is 4.98 Å². The maximum atomic E-state index is 12.1. The lowest BCUT2D eigenvalue weighted by Gasteiger charge is -2.29. The van der Waals surface area contributed by atoms with Gasteiger partial charge in [-0.15, -0.1) is 0 Å². The van der Waals surface area contributed by atoms with Crippen LogP contribution in [0.5, 0.6) is 0 Å². The zero-order chi connectivity index (χ0) is 16.2. The maximum absolute atomic E-state index is 12.1. The summed E-state index contributed by atoms with van der Waals surface area (Å²) in [5, 5.41) is 3.05. The number of carbonyl (C=O) groups is 2. The summed E-state index contributed by atoms with van der Waals surface area (Å²) < 4.78 is 4.86. The maximum Gasteiger partial charge on any atom is 0.331 e. The van der Waals surface area contributed by atoms with Crippen LogP contribution < -0.4 is 11.1 Å². The summed E-state index contributed by atoms with van der Waals surface area (Å²) >= 11 is 0. The number of carbonyl (C=O) groups excluding carboxylic acids is 2. The number of aryl methyl sites for hydroxylation is 2. The van der Waals surface area contributed by atoms with Gasteiger partial charge in [0.1, 0.15) is 11.4 Å². The monoisotopic (exact) mass is 293 g/mol. The summed E-state index contributed by atoms with van der Waals surface area (Å²) in [5.41, 5.74) is 6.24. The van der Waals surface area contributed by atoms with Crippen molar-refractivity contribution in [3.63, 3.8) is 0 Å². The van der Waals surface area contributed by atoms with Gasteiger partial charge in [0.15, 0.2) is 0 Å². The Morgan fingerprint density at radius 2 is 2.05 bits per heavy atom. The van der Waals surface area contributed by atoms with Crippen molar-refractivity contribution in [3.8, 4) is 0 Å². The zero-order valence-electron chi connectivity index (χ0n) is 13.2. The Hall–Kier alpha value is -2.11. The molecule has 0 aromatic carbocycles. The SMILES string of the molecule is CCCC(C)(Nc1nc(C)cc(C)c1C(N)=O)C(=O)OC. The molecule has 1 aromatic heterocycles. The number of primary amides is 1. The highest BCUT2D eigenvalue weighted by molar-refractivity contribution is 6.00. The van der Waals surface area contributed by atoms with E-state index in [-0.39, 0.29) is 0 Å². The highest BCUT2D eigenvalue weighted by atomic mass is 16.5. The highest BCUT2D eigenvalue weighted by Crippen LogP contribution is 2.25. The van der Waals surface area contributed by atoms with Crippen molar-refractivity contribution in [2.24, 2.45) is 5.73 Å². The molecule has 1 rings (SSSR count). The lowest BCUT2D eigenvalue weighted by atomic mass is 9.95. The second-order valence-electron chi connectivity index (χ2n) is 5.37. The van der Waals surface area contributed by atoms with Gasteiger partial charge in [-0.25, -0.2) is 9.78 Å². The third kappa shape index (κ3) is 3.71. The minimum absolute atomic E-state index is 0.298. The Morgan fingerprint density at radius 3 is 2.52 bits per heavy atom. The van der Waals surface area contributed by atoms with Gasteiger partial charge < -0.3 is 15.8 Å². The van der Waals surface area contributed by atoms with E-state index in [2.05, 4.69) is 10.3 Å². The number of nitrogens with two attached hydrogens (primary N) is 1. The standard InChI is InChI=1S/C15H23N3O3/c1-6-7-15(4,14(20)21-5)18-13-11(12(16)19)9(2)8-10(3)17-13/h8H,6-7H2,1-5H3,(H2,16,19)(H,17,18). The molecule has 1 unspecified atom stereocenters. The van der Waals surface area contributed by atoms with Crippen LogP contribution >= 0.6 is 0 Å². The number of ether oxygens (including phenoxy) is 1. The van der Waals surface area contributed by atoms with Gasteiger partial charge in [-0.3, -0.25) is 4.79 Å². The van der Waals surface area contributed by atoms with E-state index >= 15 is 0 Å². The fraction of sp³-hybridized carbons (Fsp3) is 0.533. The number of aromatic nitrogens is 1. The molecule has 0 fully saturated rings. The molecule has 116 valence electrons. The summed E-state index contributed by atoms with van der Waals surface area (Å²) in [4.78, 5) is 28.0. The molecule has 6 nitrogen and oxygen atoms in total. The topological polar surface area (TPSA) is 94.3 Å². The highest BCUT2D eigenvalue weighted by Gasteiger charge is 2.35. The van der Waals surface area contributed by atoms with Crippen LogP contribution in [0.15, 0.2) is 6.07 Å². The number of anilines is 1. The Kier molecular flexibility index (Phi) is 5.29. The summed E-state index contributed by atoms with van der Waals surface area (Å²) in [7, 11) is 1.34. The van der Waals surface area contributed by atoms with Crippen LogP contribution in [0, 0.1) is 13.8 Å². The molecular formula is C15H23N3O3. The second-order valence-corrected chi connectivity index (χ2v) is 5.37. The van der Waals surface area contributed by atoms with Crippen molar-refractivity contribution in [2.75, 3.05) is 12.4 Å². The molecule has 21 heavy (non-hydrogen) atoms. The van der Waals surface area contributed by atoms with Crippen LogP contribution in [0.4, 0.5) is 5.82 Å². The molecule has 0 saturated carbocycles. The fourth-order valence-corrected chi connectivity index (χ4v) is 2.44. The molecule has 0 spiro atoms. The normalized spacial score (nSPS) is 13.4. The lowest BCUT2D eigenvalue weighted by molar-refractivity contribution is -0.145. The number of pyridine rings is 1. The van der Waals surface area contributed by atoms with E-state index in [0.717, 1.165) is 17.7 Å². The first-order valence-electron chi connectivity index (χ1n) is 6.89. The van der Waals surface area contributed by atoms with Crippen LogP contribution in [-0.2, 0) is 9.53 Å². The smallest absolute Gasteiger partial charge is 0.331 e. The van der Waals surface area contributed by atoms with Crippen LogP contribution in [0.25, 0.3) is 0 Å². The number of methoxy groups -OCH3 is 1. The van der Waals surface area contributed by atoms with Gasteiger partial charge in [-0.1, -0.05) is 13.3 Å². The van der Waals surface area contributed by atoms with E-state index in [1.807, 2.05) is 13.8 Å². The van der Waals surface area contributed by atoms with Crippen LogP contribution in [0.1, 0.15) is 48.3 Å². The number of hydrogen-bond donors (Lipinski definition) is 2.